The Labute approximate surface area is 93.8 Å². The molecule has 0 aromatic carbocycles. The third-order valence-electron chi connectivity index (χ3n) is 2.65. The van der Waals surface area contributed by atoms with E-state index >= 15 is 0 Å². The van der Waals surface area contributed by atoms with Crippen LogP contribution >= 0.6 is 0 Å². The Morgan fingerprint density at radius 3 is 2.06 bits per heavy atom. The third kappa shape index (κ3) is 4.16. The van der Waals surface area contributed by atoms with Crippen LogP contribution in [0.2, 0.25) is 0 Å². The highest BCUT2D eigenvalue weighted by Crippen LogP contribution is 2.31. The van der Waals surface area contributed by atoms with Crippen molar-refractivity contribution in [1.82, 2.24) is 5.32 Å². The van der Waals surface area contributed by atoms with E-state index in [1.807, 2.05) is 0 Å². The zero-order valence-electron chi connectivity index (χ0n) is 9.27. The summed E-state index contributed by atoms with van der Waals surface area (Å²) in [6.07, 6.45) is 3.56. The van der Waals surface area contributed by atoms with Crippen LogP contribution in [-0.4, -0.2) is 39.8 Å². The Kier molecular flexibility index (Phi) is 3.88. The maximum atomic E-state index is 10.2. The van der Waals surface area contributed by atoms with Gasteiger partial charge in [0, 0.05) is 6.04 Å². The molecule has 2 saturated carbocycles. The van der Waals surface area contributed by atoms with E-state index in [1.54, 1.807) is 6.92 Å². The minimum Gasteiger partial charge on any atom is -0.480 e. The van der Waals surface area contributed by atoms with Crippen LogP contribution in [0.25, 0.3) is 0 Å². The zero-order chi connectivity index (χ0) is 12.3. The summed E-state index contributed by atoms with van der Waals surface area (Å²) in [6.45, 7) is 1.67. The van der Waals surface area contributed by atoms with Gasteiger partial charge >= 0.3 is 11.9 Å². The number of carboxylic acid groups (broad SMARTS) is 2. The minimum atomic E-state index is -0.868. The van der Waals surface area contributed by atoms with E-state index < -0.39 is 17.5 Å². The predicted octanol–water partition coefficient (Wildman–Crippen LogP) is -0.226. The number of nitrogens with two attached hydrogens (primary N) is 1. The van der Waals surface area contributed by atoms with E-state index in [0.717, 1.165) is 12.8 Å². The van der Waals surface area contributed by atoms with Gasteiger partial charge in [-0.3, -0.25) is 9.59 Å². The van der Waals surface area contributed by atoms with Crippen LogP contribution in [0.4, 0.5) is 0 Å². The van der Waals surface area contributed by atoms with Gasteiger partial charge in [-0.25, -0.2) is 0 Å². The molecule has 0 aromatic heterocycles. The van der Waals surface area contributed by atoms with Crippen molar-refractivity contribution in [1.29, 1.82) is 0 Å². The highest BCUT2D eigenvalue weighted by molar-refractivity contribution is 5.81. The van der Waals surface area contributed by atoms with Gasteiger partial charge in [0.2, 0.25) is 0 Å². The van der Waals surface area contributed by atoms with Gasteiger partial charge in [0.25, 0.3) is 0 Å². The van der Waals surface area contributed by atoms with Crippen molar-refractivity contribution in [2.45, 2.75) is 50.2 Å². The van der Waals surface area contributed by atoms with Gasteiger partial charge in [0.05, 0.1) is 0 Å². The quantitative estimate of drug-likeness (QED) is 0.531. The topological polar surface area (TPSA) is 113 Å². The van der Waals surface area contributed by atoms with Crippen LogP contribution in [0, 0.1) is 0 Å². The van der Waals surface area contributed by atoms with E-state index in [-0.39, 0.29) is 6.04 Å². The maximum absolute atomic E-state index is 10.2. The molecule has 0 saturated heterocycles. The Balaban J connectivity index is 0.000000165. The molecule has 0 spiro atoms. The first kappa shape index (κ1) is 12.9. The number of aliphatic carboxylic acids is 2. The molecule has 0 unspecified atom stereocenters. The second-order valence-corrected chi connectivity index (χ2v) is 4.46. The van der Waals surface area contributed by atoms with Crippen molar-refractivity contribution < 1.29 is 19.8 Å². The van der Waals surface area contributed by atoms with E-state index in [9.17, 15) is 9.59 Å². The molecule has 0 aliphatic heterocycles. The summed E-state index contributed by atoms with van der Waals surface area (Å²) in [5.41, 5.74) is 4.36. The molecule has 0 bridgehead atoms. The first-order valence-electron chi connectivity index (χ1n) is 5.36. The van der Waals surface area contributed by atoms with E-state index in [2.05, 4.69) is 5.32 Å². The highest BCUT2D eigenvalue weighted by atomic mass is 16.4. The first-order valence-corrected chi connectivity index (χ1v) is 5.36. The molecule has 16 heavy (non-hydrogen) atoms. The summed E-state index contributed by atoms with van der Waals surface area (Å²) in [4.78, 5) is 20.2. The molecule has 0 amide bonds. The van der Waals surface area contributed by atoms with Crippen LogP contribution in [0.5, 0.6) is 0 Å². The first-order chi connectivity index (χ1) is 7.35. The zero-order valence-corrected chi connectivity index (χ0v) is 9.27. The Morgan fingerprint density at radius 2 is 1.88 bits per heavy atom. The largest absolute Gasteiger partial charge is 0.480 e. The van der Waals surface area contributed by atoms with Gasteiger partial charge in [0.15, 0.2) is 0 Å². The molecule has 92 valence electrons. The Bertz CT molecular complexity index is 285. The normalized spacial score (nSPS) is 22.6. The lowest BCUT2D eigenvalue weighted by Gasteiger charge is -2.05. The molecule has 5 N–H and O–H groups in total. The fourth-order valence-corrected chi connectivity index (χ4v) is 1.02. The van der Waals surface area contributed by atoms with Gasteiger partial charge in [-0.05, 0) is 32.6 Å². The van der Waals surface area contributed by atoms with Crippen molar-refractivity contribution in [2.24, 2.45) is 5.73 Å². The van der Waals surface area contributed by atoms with E-state index in [0.29, 0.717) is 18.9 Å². The second kappa shape index (κ2) is 4.80. The van der Waals surface area contributed by atoms with Crippen molar-refractivity contribution in [3.8, 4) is 0 Å². The molecule has 2 aliphatic rings. The number of carboxylic acids is 2. The average Bonchev–Trinajstić information content (AvgIpc) is 3.04. The van der Waals surface area contributed by atoms with Gasteiger partial charge in [-0.2, -0.15) is 0 Å². The fourth-order valence-electron chi connectivity index (χ4n) is 1.02. The fraction of sp³-hybridized carbons (Fsp3) is 0.800. The molecule has 6 nitrogen and oxygen atoms in total. The van der Waals surface area contributed by atoms with Crippen LogP contribution < -0.4 is 11.1 Å². The molecular formula is C10H18N2O4. The average molecular weight is 230 g/mol. The molecule has 2 rings (SSSR count). The Hall–Kier alpha value is -1.14. The summed E-state index contributed by atoms with van der Waals surface area (Å²) in [6, 6.07) is 0.105. The van der Waals surface area contributed by atoms with Crippen molar-refractivity contribution in [3.05, 3.63) is 0 Å². The molecule has 2 fully saturated rings. The number of carbonyl (C=O) groups is 2. The van der Waals surface area contributed by atoms with Gasteiger partial charge < -0.3 is 21.3 Å². The lowest BCUT2D eigenvalue weighted by molar-refractivity contribution is -0.140. The van der Waals surface area contributed by atoms with Crippen molar-refractivity contribution in [3.63, 3.8) is 0 Å². The predicted molar refractivity (Wildman–Crippen MR) is 57.0 cm³/mol. The molecule has 6 heteroatoms. The van der Waals surface area contributed by atoms with Gasteiger partial charge in [0.1, 0.15) is 11.6 Å². The summed E-state index contributed by atoms with van der Waals surface area (Å²) in [7, 11) is 0. The molecular weight excluding hydrogens is 212 g/mol. The third-order valence-corrected chi connectivity index (χ3v) is 2.65. The lowest BCUT2D eigenvalue weighted by atomic mass is 10.3. The summed E-state index contributed by atoms with van der Waals surface area (Å²) in [5.74, 6) is -1.63. The summed E-state index contributed by atoms with van der Waals surface area (Å²) >= 11 is 0. The van der Waals surface area contributed by atoms with Gasteiger partial charge in [-0.1, -0.05) is 0 Å². The highest BCUT2D eigenvalue weighted by Gasteiger charge is 2.46. The van der Waals surface area contributed by atoms with Crippen LogP contribution in [0.3, 0.4) is 0 Å². The number of hydrogen-bond acceptors (Lipinski definition) is 4. The molecule has 0 aromatic rings. The minimum absolute atomic E-state index is 0.377. The molecule has 1 atom stereocenters. The van der Waals surface area contributed by atoms with Crippen LogP contribution in [-0.2, 0) is 9.59 Å². The smallest absolute Gasteiger partial charge is 0.323 e. The van der Waals surface area contributed by atoms with Crippen LogP contribution in [0.1, 0.15) is 32.6 Å². The van der Waals surface area contributed by atoms with E-state index in [4.69, 9.17) is 15.9 Å². The number of hydrogen-bond donors (Lipinski definition) is 4. The molecule has 2 aliphatic carbocycles. The lowest BCUT2D eigenvalue weighted by Crippen LogP contribution is -2.35. The van der Waals surface area contributed by atoms with Gasteiger partial charge in [-0.15, -0.1) is 0 Å². The number of rotatable bonds is 4. The standard InChI is InChI=1S/C6H11NO2.C4H7NO2/c1-4(6(8)9)7-5-2-3-5;5-4(1-2-4)3(6)7/h4-5,7H,2-3H2,1H3,(H,8,9);1-2,5H2,(H,6,7)/t4-;/m0./s1. The summed E-state index contributed by atoms with van der Waals surface area (Å²) in [5, 5.41) is 19.5. The summed E-state index contributed by atoms with van der Waals surface area (Å²) < 4.78 is 0. The molecule has 0 radical (unpaired) electrons. The van der Waals surface area contributed by atoms with Crippen molar-refractivity contribution in [2.75, 3.05) is 0 Å². The Morgan fingerprint density at radius 1 is 1.38 bits per heavy atom. The maximum Gasteiger partial charge on any atom is 0.323 e. The number of nitrogens with one attached hydrogen (secondary N) is 1. The van der Waals surface area contributed by atoms with Crippen LogP contribution in [0.15, 0.2) is 0 Å². The SMILES string of the molecule is C[C@H](NC1CC1)C(=O)O.NC1(C(=O)O)CC1. The van der Waals surface area contributed by atoms with E-state index in [1.165, 1.54) is 0 Å². The second-order valence-electron chi connectivity index (χ2n) is 4.46. The molecule has 0 heterocycles. The van der Waals surface area contributed by atoms with Crippen molar-refractivity contribution >= 4 is 11.9 Å². The monoisotopic (exact) mass is 230 g/mol.